The fraction of sp³-hybridized carbons (Fsp3) is 0.400. The van der Waals surface area contributed by atoms with Gasteiger partial charge in [0.1, 0.15) is 0 Å². The highest BCUT2D eigenvalue weighted by atomic mass is 127. The lowest BCUT2D eigenvalue weighted by molar-refractivity contribution is -0.139. The third-order valence-electron chi connectivity index (χ3n) is 2.02. The lowest BCUT2D eigenvalue weighted by Gasteiger charge is -2.10. The van der Waals surface area contributed by atoms with Crippen molar-refractivity contribution in [2.75, 3.05) is 7.11 Å². The van der Waals surface area contributed by atoms with Crippen LogP contribution in [0.4, 0.5) is 8.78 Å². The SMILES string of the molecule is COC(=O)Cc1nc(CBr)cc(C(F)F)c1I. The zero-order valence-corrected chi connectivity index (χ0v) is 12.6. The number of alkyl halides is 3. The molecule has 0 atom stereocenters. The largest absolute Gasteiger partial charge is 0.469 e. The molecule has 1 heterocycles. The molecule has 0 aliphatic rings. The van der Waals surface area contributed by atoms with Crippen LogP contribution in [-0.4, -0.2) is 18.1 Å². The molecular weight excluding hydrogens is 411 g/mol. The predicted octanol–water partition coefficient (Wildman–Crippen LogP) is 3.23. The van der Waals surface area contributed by atoms with Crippen molar-refractivity contribution in [1.29, 1.82) is 0 Å². The monoisotopic (exact) mass is 419 g/mol. The summed E-state index contributed by atoms with van der Waals surface area (Å²) in [5, 5.41) is 0.359. The second-order valence-corrected chi connectivity index (χ2v) is 4.79. The van der Waals surface area contributed by atoms with E-state index < -0.39 is 12.4 Å². The average molecular weight is 420 g/mol. The molecule has 0 unspecified atom stereocenters. The van der Waals surface area contributed by atoms with Crippen LogP contribution in [0.5, 0.6) is 0 Å². The molecule has 0 aromatic carbocycles. The smallest absolute Gasteiger partial charge is 0.311 e. The molecule has 1 aromatic heterocycles. The molecule has 94 valence electrons. The molecule has 0 saturated heterocycles. The highest BCUT2D eigenvalue weighted by Gasteiger charge is 2.19. The molecule has 1 rings (SSSR count). The van der Waals surface area contributed by atoms with Crippen LogP contribution < -0.4 is 0 Å². The van der Waals surface area contributed by atoms with E-state index in [9.17, 15) is 13.6 Å². The molecule has 1 aromatic rings. The van der Waals surface area contributed by atoms with E-state index in [2.05, 4.69) is 25.7 Å². The predicted molar refractivity (Wildman–Crippen MR) is 70.3 cm³/mol. The van der Waals surface area contributed by atoms with E-state index >= 15 is 0 Å². The molecule has 0 radical (unpaired) electrons. The zero-order chi connectivity index (χ0) is 13.0. The lowest BCUT2D eigenvalue weighted by atomic mass is 10.1. The Labute approximate surface area is 119 Å². The van der Waals surface area contributed by atoms with Crippen molar-refractivity contribution in [1.82, 2.24) is 4.98 Å². The lowest BCUT2D eigenvalue weighted by Crippen LogP contribution is -2.10. The van der Waals surface area contributed by atoms with E-state index in [1.54, 1.807) is 22.6 Å². The summed E-state index contributed by atoms with van der Waals surface area (Å²) in [6.07, 6.45) is -2.69. The molecule has 0 N–H and O–H groups in total. The summed E-state index contributed by atoms with van der Waals surface area (Å²) < 4.78 is 30.4. The molecule has 0 aliphatic heterocycles. The number of pyridine rings is 1. The second kappa shape index (κ2) is 6.58. The van der Waals surface area contributed by atoms with Gasteiger partial charge in [-0.05, 0) is 28.7 Å². The Balaban J connectivity index is 3.19. The van der Waals surface area contributed by atoms with Gasteiger partial charge in [0.2, 0.25) is 0 Å². The molecule has 0 amide bonds. The Morgan fingerprint density at radius 3 is 2.76 bits per heavy atom. The number of nitrogens with zero attached hydrogens (tertiary/aromatic N) is 1. The van der Waals surface area contributed by atoms with E-state index in [4.69, 9.17) is 0 Å². The van der Waals surface area contributed by atoms with Gasteiger partial charge in [-0.15, -0.1) is 0 Å². The van der Waals surface area contributed by atoms with Crippen molar-refractivity contribution in [2.24, 2.45) is 0 Å². The van der Waals surface area contributed by atoms with E-state index in [1.165, 1.54) is 13.2 Å². The fourth-order valence-corrected chi connectivity index (χ4v) is 2.21. The number of carbonyl (C=O) groups is 1. The van der Waals surface area contributed by atoms with E-state index in [1.807, 2.05) is 0 Å². The Kier molecular flexibility index (Phi) is 5.71. The first kappa shape index (κ1) is 14.7. The summed E-state index contributed by atoms with van der Waals surface area (Å²) in [5.41, 5.74) is 0.693. The van der Waals surface area contributed by atoms with Crippen molar-refractivity contribution >= 4 is 44.5 Å². The fourth-order valence-electron chi connectivity index (χ4n) is 1.22. The molecule has 7 heteroatoms. The maximum absolute atomic E-state index is 12.8. The number of ether oxygens (including phenoxy) is 1. The Morgan fingerprint density at radius 1 is 1.65 bits per heavy atom. The van der Waals surface area contributed by atoms with Crippen LogP contribution in [-0.2, 0) is 21.3 Å². The molecule has 0 bridgehead atoms. The minimum atomic E-state index is -2.58. The van der Waals surface area contributed by atoms with Gasteiger partial charge in [-0.3, -0.25) is 9.78 Å². The van der Waals surface area contributed by atoms with Gasteiger partial charge in [0.15, 0.2) is 0 Å². The highest BCUT2D eigenvalue weighted by Crippen LogP contribution is 2.28. The van der Waals surface area contributed by atoms with Crippen molar-refractivity contribution < 1.29 is 18.3 Å². The van der Waals surface area contributed by atoms with Crippen molar-refractivity contribution in [3.8, 4) is 0 Å². The van der Waals surface area contributed by atoms with Gasteiger partial charge in [0, 0.05) is 14.5 Å². The number of methoxy groups -OCH3 is 1. The van der Waals surface area contributed by atoms with Gasteiger partial charge in [-0.1, -0.05) is 15.9 Å². The topological polar surface area (TPSA) is 39.2 Å². The van der Waals surface area contributed by atoms with Gasteiger partial charge in [0.25, 0.3) is 6.43 Å². The van der Waals surface area contributed by atoms with Crippen molar-refractivity contribution in [3.05, 3.63) is 26.6 Å². The van der Waals surface area contributed by atoms with Crippen LogP contribution >= 0.6 is 38.5 Å². The van der Waals surface area contributed by atoms with Crippen LogP contribution in [0, 0.1) is 3.57 Å². The standard InChI is InChI=1S/C10H9BrF2INO2/c1-17-8(16)3-7-9(14)6(10(12)13)2-5(4-11)15-7/h2,10H,3-4H2,1H3. The summed E-state index contributed by atoms with van der Waals surface area (Å²) in [7, 11) is 1.25. The molecule has 0 saturated carbocycles. The molecular formula is C10H9BrF2INO2. The quantitative estimate of drug-likeness (QED) is 0.427. The third kappa shape index (κ3) is 3.84. The number of rotatable bonds is 4. The van der Waals surface area contributed by atoms with Crippen LogP contribution in [0.3, 0.4) is 0 Å². The van der Waals surface area contributed by atoms with Gasteiger partial charge in [0.05, 0.1) is 24.9 Å². The first-order valence-electron chi connectivity index (χ1n) is 4.58. The van der Waals surface area contributed by atoms with Gasteiger partial charge in [-0.2, -0.15) is 0 Å². The summed E-state index contributed by atoms with van der Waals surface area (Å²) in [5.74, 6) is -0.498. The number of aromatic nitrogens is 1. The number of esters is 1. The minimum absolute atomic E-state index is 0.102. The normalized spacial score (nSPS) is 10.7. The maximum Gasteiger partial charge on any atom is 0.311 e. The van der Waals surface area contributed by atoms with Crippen LogP contribution in [0.1, 0.15) is 23.4 Å². The zero-order valence-electron chi connectivity index (χ0n) is 8.84. The Hall–Kier alpha value is -0.310. The van der Waals surface area contributed by atoms with Crippen LogP contribution in [0.25, 0.3) is 0 Å². The number of hydrogen-bond acceptors (Lipinski definition) is 3. The molecule has 17 heavy (non-hydrogen) atoms. The summed E-state index contributed by atoms with van der Waals surface area (Å²) in [6.45, 7) is 0. The van der Waals surface area contributed by atoms with Crippen LogP contribution in [0.15, 0.2) is 6.07 Å². The molecule has 0 fully saturated rings. The third-order valence-corrected chi connectivity index (χ3v) is 3.84. The highest BCUT2D eigenvalue weighted by molar-refractivity contribution is 14.1. The van der Waals surface area contributed by atoms with E-state index in [-0.39, 0.29) is 12.0 Å². The van der Waals surface area contributed by atoms with E-state index in [0.29, 0.717) is 20.3 Å². The number of carbonyl (C=O) groups excluding carboxylic acids is 1. The minimum Gasteiger partial charge on any atom is -0.469 e. The number of hydrogen-bond donors (Lipinski definition) is 0. The van der Waals surface area contributed by atoms with Gasteiger partial charge < -0.3 is 4.74 Å². The Bertz CT molecular complexity index is 429. The van der Waals surface area contributed by atoms with Gasteiger partial charge in [-0.25, -0.2) is 8.78 Å². The van der Waals surface area contributed by atoms with Crippen molar-refractivity contribution in [3.63, 3.8) is 0 Å². The molecule has 3 nitrogen and oxygen atoms in total. The molecule has 0 spiro atoms. The number of halogens is 4. The summed E-state index contributed by atoms with van der Waals surface area (Å²) in [6, 6.07) is 1.34. The molecule has 0 aliphatic carbocycles. The van der Waals surface area contributed by atoms with Crippen LogP contribution in [0.2, 0.25) is 0 Å². The van der Waals surface area contributed by atoms with E-state index in [0.717, 1.165) is 0 Å². The first-order chi connectivity index (χ1) is 7.99. The first-order valence-corrected chi connectivity index (χ1v) is 6.78. The van der Waals surface area contributed by atoms with Crippen molar-refractivity contribution in [2.45, 2.75) is 18.2 Å². The maximum atomic E-state index is 12.8. The van der Waals surface area contributed by atoms with Gasteiger partial charge >= 0.3 is 5.97 Å². The second-order valence-electron chi connectivity index (χ2n) is 3.15. The Morgan fingerprint density at radius 2 is 2.29 bits per heavy atom. The summed E-state index contributed by atoms with van der Waals surface area (Å²) >= 11 is 4.93. The average Bonchev–Trinajstić information content (AvgIpc) is 2.31. The summed E-state index contributed by atoms with van der Waals surface area (Å²) in [4.78, 5) is 15.3.